The van der Waals surface area contributed by atoms with E-state index in [9.17, 15) is 0 Å². The van der Waals surface area contributed by atoms with Gasteiger partial charge in [-0.25, -0.2) is 0 Å². The van der Waals surface area contributed by atoms with Gasteiger partial charge in [0.2, 0.25) is 0 Å². The van der Waals surface area contributed by atoms with Crippen molar-refractivity contribution in [3.05, 3.63) is 259 Å². The molecule has 0 spiro atoms. The molecule has 0 N–H and O–H groups in total. The quantitative estimate of drug-likeness (QED) is 0.164. The summed E-state index contributed by atoms with van der Waals surface area (Å²) in [5.41, 5.74) is 15.8. The van der Waals surface area contributed by atoms with Crippen molar-refractivity contribution in [3.8, 4) is 17.1 Å². The van der Waals surface area contributed by atoms with E-state index in [4.69, 9.17) is 0 Å². The molecule has 12 aromatic rings. The average Bonchev–Trinajstić information content (AvgIpc) is 4.08. The molecular weight excluding hydrogens is 775 g/mol. The molecule has 9 aromatic carbocycles. The van der Waals surface area contributed by atoms with Gasteiger partial charge in [0.1, 0.15) is 0 Å². The summed E-state index contributed by atoms with van der Waals surface area (Å²) < 4.78 is 7.44. The van der Waals surface area contributed by atoms with Crippen LogP contribution in [0.25, 0.3) is 82.5 Å². The van der Waals surface area contributed by atoms with Gasteiger partial charge in [0.25, 0.3) is 0 Å². The van der Waals surface area contributed by atoms with Crippen LogP contribution in [-0.2, 0) is 5.41 Å². The molecule has 3 aromatic heterocycles. The van der Waals surface area contributed by atoms with Gasteiger partial charge in [-0.15, -0.1) is 0 Å². The Kier molecular flexibility index (Phi) is 7.44. The summed E-state index contributed by atoms with van der Waals surface area (Å²) in [5, 5.41) is 7.51. The van der Waals surface area contributed by atoms with Crippen molar-refractivity contribution in [2.24, 2.45) is 5.92 Å². The van der Waals surface area contributed by atoms with Crippen LogP contribution in [0.3, 0.4) is 0 Å². The number of rotatable bonds is 5. The lowest BCUT2D eigenvalue weighted by Crippen LogP contribution is -2.34. The molecule has 0 amide bonds. The summed E-state index contributed by atoms with van der Waals surface area (Å²) in [6.45, 7) is 0. The van der Waals surface area contributed by atoms with Gasteiger partial charge >= 0.3 is 0 Å². The highest BCUT2D eigenvalue weighted by atomic mass is 15.0. The molecule has 3 heterocycles. The summed E-state index contributed by atoms with van der Waals surface area (Å²) in [5.74, 6) is 0.451. The largest absolute Gasteiger partial charge is 0.309 e. The van der Waals surface area contributed by atoms with Crippen LogP contribution >= 0.6 is 0 Å². The average molecular weight is 816 g/mol. The number of nitrogens with zero attached hydrogens (tertiary/aromatic N) is 3. The number of allylic oxidation sites excluding steroid dienone is 4. The minimum Gasteiger partial charge on any atom is -0.309 e. The van der Waals surface area contributed by atoms with Gasteiger partial charge in [-0.1, -0.05) is 170 Å². The third-order valence-electron chi connectivity index (χ3n) is 14.6. The molecule has 2 aliphatic rings. The summed E-state index contributed by atoms with van der Waals surface area (Å²) in [6.07, 6.45) is 9.40. The van der Waals surface area contributed by atoms with Crippen molar-refractivity contribution < 1.29 is 0 Å². The zero-order valence-corrected chi connectivity index (χ0v) is 35.0. The van der Waals surface area contributed by atoms with Crippen LogP contribution in [0.15, 0.2) is 237 Å². The molecule has 300 valence electrons. The maximum Gasteiger partial charge on any atom is 0.0641 e. The summed E-state index contributed by atoms with van der Waals surface area (Å²) >= 11 is 0. The number of hydrogen-bond donors (Lipinski definition) is 0. The molecule has 64 heavy (non-hydrogen) atoms. The number of hydrogen-bond acceptors (Lipinski definition) is 0. The lowest BCUT2D eigenvalue weighted by Gasteiger charge is -2.38. The highest BCUT2D eigenvalue weighted by molar-refractivity contribution is 6.26. The zero-order valence-electron chi connectivity index (χ0n) is 35.0. The van der Waals surface area contributed by atoms with Gasteiger partial charge < -0.3 is 13.7 Å². The van der Waals surface area contributed by atoms with Crippen molar-refractivity contribution in [3.63, 3.8) is 0 Å². The molecule has 14 rings (SSSR count). The molecule has 3 nitrogen and oxygen atoms in total. The van der Waals surface area contributed by atoms with Crippen molar-refractivity contribution in [1.82, 2.24) is 13.7 Å². The first-order chi connectivity index (χ1) is 31.8. The van der Waals surface area contributed by atoms with E-state index < -0.39 is 0 Å². The maximum absolute atomic E-state index is 2.56. The second-order valence-electron chi connectivity index (χ2n) is 17.6. The molecule has 0 fully saturated rings. The van der Waals surface area contributed by atoms with Crippen LogP contribution in [0, 0.1) is 5.92 Å². The third kappa shape index (κ3) is 4.70. The summed E-state index contributed by atoms with van der Waals surface area (Å²) in [6, 6.07) is 79.0. The predicted molar refractivity (Wildman–Crippen MR) is 267 cm³/mol. The van der Waals surface area contributed by atoms with E-state index in [0.29, 0.717) is 0 Å². The molecule has 0 radical (unpaired) electrons. The van der Waals surface area contributed by atoms with E-state index in [2.05, 4.69) is 250 Å². The Labute approximate surface area is 370 Å². The fraction of sp³-hybridized carbons (Fsp3) is 0.0492. The Morgan fingerprint density at radius 1 is 0.344 bits per heavy atom. The number of aromatic nitrogens is 3. The van der Waals surface area contributed by atoms with E-state index in [1.165, 1.54) is 93.4 Å². The smallest absolute Gasteiger partial charge is 0.0641 e. The molecule has 0 bridgehead atoms. The van der Waals surface area contributed by atoms with E-state index in [-0.39, 0.29) is 17.3 Å². The zero-order chi connectivity index (χ0) is 41.9. The van der Waals surface area contributed by atoms with Crippen LogP contribution in [0.5, 0.6) is 0 Å². The molecule has 2 unspecified atom stereocenters. The minimum atomic E-state index is -0.335. The number of para-hydroxylation sites is 4. The molecule has 0 saturated carbocycles. The van der Waals surface area contributed by atoms with Crippen molar-refractivity contribution in [2.45, 2.75) is 11.3 Å². The van der Waals surface area contributed by atoms with E-state index in [1.54, 1.807) is 0 Å². The molecular formula is C61H41N3. The first-order valence-electron chi connectivity index (χ1n) is 22.4. The highest BCUT2D eigenvalue weighted by Gasteiger charge is 2.53. The van der Waals surface area contributed by atoms with Crippen molar-refractivity contribution in [2.75, 3.05) is 0 Å². The fourth-order valence-corrected chi connectivity index (χ4v) is 12.1. The number of fused-ring (bicyclic) bond motifs is 13. The molecule has 2 atom stereocenters. The standard InChI is InChI=1S/C61H41N3/c1-4-18-40(19-5-1)61(41-20-6-2-7-21-41)52-28-14-10-24-45(52)50-38-44(32-35-53(50)61)64-55-30-16-11-25-46(55)48-34-37-58-59(60(48)64)49-27-13-17-31-56(49)63(58)43-33-36-57-51(39-43)47-26-12-15-29-54(47)62(57)42-22-8-3-9-23-42/h1-39,45,52H. The molecule has 2 aliphatic carbocycles. The second kappa shape index (κ2) is 13.4. The Hall–Kier alpha value is -8.14. The summed E-state index contributed by atoms with van der Waals surface area (Å²) in [4.78, 5) is 0. The molecule has 0 aliphatic heterocycles. The SMILES string of the molecule is C1=CC2c3cc(-n4c5ccccc5c5ccc6c(c7ccccc7n6-c6ccc7c(c6)c6ccccc6n7-c6ccccc6)c54)ccc3C(c3ccccc3)(c3ccccc3)C2C=C1. The normalized spacial score (nSPS) is 16.4. The van der Waals surface area contributed by atoms with Crippen LogP contribution < -0.4 is 0 Å². The van der Waals surface area contributed by atoms with Crippen molar-refractivity contribution >= 4 is 65.4 Å². The van der Waals surface area contributed by atoms with Crippen LogP contribution in [0.2, 0.25) is 0 Å². The van der Waals surface area contributed by atoms with E-state index >= 15 is 0 Å². The van der Waals surface area contributed by atoms with Gasteiger partial charge in [-0.2, -0.15) is 0 Å². The fourth-order valence-electron chi connectivity index (χ4n) is 12.1. The van der Waals surface area contributed by atoms with Crippen LogP contribution in [0.4, 0.5) is 0 Å². The molecule has 3 heteroatoms. The van der Waals surface area contributed by atoms with Crippen LogP contribution in [0.1, 0.15) is 28.2 Å². The first-order valence-corrected chi connectivity index (χ1v) is 22.4. The lowest BCUT2D eigenvalue weighted by molar-refractivity contribution is 0.456. The van der Waals surface area contributed by atoms with Gasteiger partial charge in [0, 0.05) is 61.2 Å². The number of benzene rings is 9. The monoisotopic (exact) mass is 815 g/mol. The molecule has 0 saturated heterocycles. The topological polar surface area (TPSA) is 14.8 Å². The Balaban J connectivity index is 1.04. The Bertz CT molecular complexity index is 3860. The van der Waals surface area contributed by atoms with Gasteiger partial charge in [0.05, 0.1) is 38.5 Å². The lowest BCUT2D eigenvalue weighted by atomic mass is 9.63. The van der Waals surface area contributed by atoms with E-state index in [1.807, 2.05) is 0 Å². The highest BCUT2D eigenvalue weighted by Crippen LogP contribution is 2.60. The predicted octanol–water partition coefficient (Wildman–Crippen LogP) is 15.2. The minimum absolute atomic E-state index is 0.220. The van der Waals surface area contributed by atoms with E-state index in [0.717, 1.165) is 11.4 Å². The third-order valence-corrected chi connectivity index (χ3v) is 14.6. The van der Waals surface area contributed by atoms with Crippen molar-refractivity contribution in [1.29, 1.82) is 0 Å². The first kappa shape index (κ1) is 35.5. The van der Waals surface area contributed by atoms with Crippen LogP contribution in [-0.4, -0.2) is 13.7 Å². The summed E-state index contributed by atoms with van der Waals surface area (Å²) in [7, 11) is 0. The Morgan fingerprint density at radius 2 is 0.859 bits per heavy atom. The second-order valence-corrected chi connectivity index (χ2v) is 17.6. The van der Waals surface area contributed by atoms with Gasteiger partial charge in [0.15, 0.2) is 0 Å². The maximum atomic E-state index is 2.56. The van der Waals surface area contributed by atoms with Gasteiger partial charge in [-0.05, 0) is 89.0 Å². The Morgan fingerprint density at radius 3 is 1.58 bits per heavy atom. The van der Waals surface area contributed by atoms with Gasteiger partial charge in [-0.3, -0.25) is 0 Å².